The molecule has 0 aromatic heterocycles. The summed E-state index contributed by atoms with van der Waals surface area (Å²) in [7, 11) is 0. The van der Waals surface area contributed by atoms with Crippen LogP contribution in [0.2, 0.25) is 0 Å². The Labute approximate surface area is 82.2 Å². The molecule has 74 valence electrons. The van der Waals surface area contributed by atoms with Gasteiger partial charge in [0.1, 0.15) is 0 Å². The Hall–Kier alpha value is -0.980. The van der Waals surface area contributed by atoms with E-state index in [2.05, 4.69) is 31.5 Å². The van der Waals surface area contributed by atoms with Crippen molar-refractivity contribution in [3.63, 3.8) is 0 Å². The second-order valence-corrected chi connectivity index (χ2v) is 3.12. The van der Waals surface area contributed by atoms with Gasteiger partial charge in [-0.05, 0) is 31.4 Å². The number of rotatable bonds is 8. The predicted molar refractivity (Wildman–Crippen MR) is 60.6 cm³/mol. The number of hydrogen-bond donors (Lipinski definition) is 1. The standard InChI is InChI=1S/C12H21N/c1-4-7-12(8-5-2)9-11-13-10-6-3/h4-5,9,11-13H,1-2,6-8,10H2,3H3. The maximum Gasteiger partial charge on any atom is 0.0138 e. The molecule has 0 amide bonds. The molecule has 1 nitrogen and oxygen atoms in total. The fourth-order valence-electron chi connectivity index (χ4n) is 1.11. The highest BCUT2D eigenvalue weighted by Gasteiger charge is 1.97. The zero-order valence-corrected chi connectivity index (χ0v) is 8.63. The van der Waals surface area contributed by atoms with E-state index >= 15 is 0 Å². The zero-order chi connectivity index (χ0) is 9.94. The van der Waals surface area contributed by atoms with Crippen LogP contribution in [0.25, 0.3) is 0 Å². The largest absolute Gasteiger partial charge is 0.391 e. The third kappa shape index (κ3) is 7.38. The van der Waals surface area contributed by atoms with Gasteiger partial charge >= 0.3 is 0 Å². The summed E-state index contributed by atoms with van der Waals surface area (Å²) >= 11 is 0. The van der Waals surface area contributed by atoms with Crippen LogP contribution in [0.15, 0.2) is 37.6 Å². The minimum atomic E-state index is 0.555. The molecule has 0 radical (unpaired) electrons. The normalized spacial score (nSPS) is 10.6. The second-order valence-electron chi connectivity index (χ2n) is 3.12. The van der Waals surface area contributed by atoms with Crippen molar-refractivity contribution < 1.29 is 0 Å². The molecule has 0 fully saturated rings. The highest BCUT2D eigenvalue weighted by molar-refractivity contribution is 4.93. The van der Waals surface area contributed by atoms with E-state index in [4.69, 9.17) is 0 Å². The molecule has 0 aliphatic rings. The van der Waals surface area contributed by atoms with Crippen LogP contribution in [0.5, 0.6) is 0 Å². The van der Waals surface area contributed by atoms with Gasteiger partial charge in [0.2, 0.25) is 0 Å². The van der Waals surface area contributed by atoms with E-state index in [1.165, 1.54) is 0 Å². The van der Waals surface area contributed by atoms with Crippen LogP contribution >= 0.6 is 0 Å². The Morgan fingerprint density at radius 1 is 1.23 bits per heavy atom. The Kier molecular flexibility index (Phi) is 8.42. The predicted octanol–water partition coefficient (Wildman–Crippen LogP) is 3.27. The minimum Gasteiger partial charge on any atom is -0.391 e. The van der Waals surface area contributed by atoms with E-state index in [0.717, 1.165) is 25.8 Å². The van der Waals surface area contributed by atoms with Crippen molar-refractivity contribution in [1.82, 2.24) is 5.32 Å². The van der Waals surface area contributed by atoms with Gasteiger partial charge in [-0.25, -0.2) is 0 Å². The fraction of sp³-hybridized carbons (Fsp3) is 0.500. The van der Waals surface area contributed by atoms with Gasteiger partial charge in [0, 0.05) is 6.54 Å². The molecule has 1 N–H and O–H groups in total. The molecule has 1 heteroatoms. The van der Waals surface area contributed by atoms with Crippen LogP contribution in [0.1, 0.15) is 26.2 Å². The molecule has 0 aromatic rings. The molecule has 0 saturated carbocycles. The molecule has 0 spiro atoms. The first-order valence-electron chi connectivity index (χ1n) is 4.97. The van der Waals surface area contributed by atoms with Gasteiger partial charge in [-0.15, -0.1) is 13.2 Å². The van der Waals surface area contributed by atoms with E-state index in [-0.39, 0.29) is 0 Å². The Morgan fingerprint density at radius 3 is 2.31 bits per heavy atom. The Morgan fingerprint density at radius 2 is 1.85 bits per heavy atom. The summed E-state index contributed by atoms with van der Waals surface area (Å²) in [6.45, 7) is 10.7. The minimum absolute atomic E-state index is 0.555. The molecule has 0 aliphatic carbocycles. The van der Waals surface area contributed by atoms with Crippen molar-refractivity contribution in [1.29, 1.82) is 0 Å². The summed E-state index contributed by atoms with van der Waals surface area (Å²) in [6, 6.07) is 0. The van der Waals surface area contributed by atoms with E-state index < -0.39 is 0 Å². The lowest BCUT2D eigenvalue weighted by atomic mass is 10.0. The maximum absolute atomic E-state index is 3.74. The third-order valence-electron chi connectivity index (χ3n) is 1.82. The monoisotopic (exact) mass is 179 g/mol. The fourth-order valence-corrected chi connectivity index (χ4v) is 1.11. The highest BCUT2D eigenvalue weighted by atomic mass is 14.8. The summed E-state index contributed by atoms with van der Waals surface area (Å²) in [5.74, 6) is 0.555. The van der Waals surface area contributed by atoms with Crippen molar-refractivity contribution in [2.75, 3.05) is 6.54 Å². The first kappa shape index (κ1) is 12.0. The van der Waals surface area contributed by atoms with Crippen molar-refractivity contribution in [3.8, 4) is 0 Å². The lowest BCUT2D eigenvalue weighted by Gasteiger charge is -2.06. The SMILES string of the molecule is C=CCC(C=CNCCC)CC=C. The van der Waals surface area contributed by atoms with Gasteiger partial charge in [-0.2, -0.15) is 0 Å². The maximum atomic E-state index is 3.74. The van der Waals surface area contributed by atoms with E-state index in [1.54, 1.807) is 0 Å². The summed E-state index contributed by atoms with van der Waals surface area (Å²) < 4.78 is 0. The first-order valence-corrected chi connectivity index (χ1v) is 4.97. The summed E-state index contributed by atoms with van der Waals surface area (Å²) in [4.78, 5) is 0. The molecular formula is C12H21N. The molecule has 0 aliphatic heterocycles. The lowest BCUT2D eigenvalue weighted by molar-refractivity contribution is 0.668. The molecule has 13 heavy (non-hydrogen) atoms. The Balaban J connectivity index is 3.70. The van der Waals surface area contributed by atoms with Crippen LogP contribution in [-0.4, -0.2) is 6.54 Å². The second kappa shape index (κ2) is 9.11. The molecule has 0 atom stereocenters. The molecule has 0 unspecified atom stereocenters. The van der Waals surface area contributed by atoms with Crippen LogP contribution in [-0.2, 0) is 0 Å². The van der Waals surface area contributed by atoms with Crippen molar-refractivity contribution in [2.24, 2.45) is 5.92 Å². The molecule has 0 bridgehead atoms. The van der Waals surface area contributed by atoms with Crippen LogP contribution < -0.4 is 5.32 Å². The summed E-state index contributed by atoms with van der Waals surface area (Å²) in [6.07, 6.45) is 11.4. The summed E-state index contributed by atoms with van der Waals surface area (Å²) in [5, 5.41) is 3.23. The van der Waals surface area contributed by atoms with Crippen LogP contribution in [0.4, 0.5) is 0 Å². The van der Waals surface area contributed by atoms with E-state index in [9.17, 15) is 0 Å². The number of hydrogen-bond acceptors (Lipinski definition) is 1. The zero-order valence-electron chi connectivity index (χ0n) is 8.63. The van der Waals surface area contributed by atoms with Gasteiger partial charge in [0.25, 0.3) is 0 Å². The van der Waals surface area contributed by atoms with Crippen LogP contribution in [0, 0.1) is 5.92 Å². The van der Waals surface area contributed by atoms with Crippen molar-refractivity contribution in [2.45, 2.75) is 26.2 Å². The average molecular weight is 179 g/mol. The lowest BCUT2D eigenvalue weighted by Crippen LogP contribution is -2.06. The van der Waals surface area contributed by atoms with E-state index in [1.807, 2.05) is 18.4 Å². The van der Waals surface area contributed by atoms with Gasteiger partial charge in [-0.1, -0.05) is 25.2 Å². The molecule has 0 saturated heterocycles. The van der Waals surface area contributed by atoms with Gasteiger partial charge < -0.3 is 5.32 Å². The first-order chi connectivity index (χ1) is 6.35. The third-order valence-corrected chi connectivity index (χ3v) is 1.82. The van der Waals surface area contributed by atoms with Crippen LogP contribution in [0.3, 0.4) is 0 Å². The molecule has 0 rings (SSSR count). The molecule has 0 heterocycles. The smallest absolute Gasteiger partial charge is 0.0138 e. The average Bonchev–Trinajstić information content (AvgIpc) is 2.13. The molecule has 0 aromatic carbocycles. The Bertz CT molecular complexity index is 149. The summed E-state index contributed by atoms with van der Waals surface area (Å²) in [5.41, 5.74) is 0. The van der Waals surface area contributed by atoms with Gasteiger partial charge in [-0.3, -0.25) is 0 Å². The molecular weight excluding hydrogens is 158 g/mol. The van der Waals surface area contributed by atoms with E-state index in [0.29, 0.717) is 5.92 Å². The van der Waals surface area contributed by atoms with Gasteiger partial charge in [0.05, 0.1) is 0 Å². The van der Waals surface area contributed by atoms with Crippen molar-refractivity contribution in [3.05, 3.63) is 37.6 Å². The topological polar surface area (TPSA) is 12.0 Å². The number of allylic oxidation sites excluding steroid dienone is 3. The quantitative estimate of drug-likeness (QED) is 0.445. The van der Waals surface area contributed by atoms with Gasteiger partial charge in [0.15, 0.2) is 0 Å². The number of nitrogens with one attached hydrogen (secondary N) is 1. The van der Waals surface area contributed by atoms with Crippen molar-refractivity contribution >= 4 is 0 Å². The highest BCUT2D eigenvalue weighted by Crippen LogP contribution is 2.10.